The Morgan fingerprint density at radius 1 is 0.684 bits per heavy atom. The molecule has 2 heterocycles. The molecule has 8 heteroatoms. The Balaban J connectivity index is 0.000000382. The van der Waals surface area contributed by atoms with Gasteiger partial charge in [0.15, 0.2) is 0 Å². The topological polar surface area (TPSA) is 25.8 Å². The van der Waals surface area contributed by atoms with E-state index in [4.69, 9.17) is 0 Å². The van der Waals surface area contributed by atoms with Crippen LogP contribution in [0.25, 0.3) is 6.08 Å². The number of rotatable bonds is 5. The summed E-state index contributed by atoms with van der Waals surface area (Å²) in [6.07, 6.45) is 5.89. The lowest BCUT2D eigenvalue weighted by molar-refractivity contribution is 0.980. The summed E-state index contributed by atoms with van der Waals surface area (Å²) in [6.45, 7) is 27.5. The van der Waals surface area contributed by atoms with Gasteiger partial charge in [0.05, 0.1) is 32.4 Å². The zero-order chi connectivity index (χ0) is 29.4. The van der Waals surface area contributed by atoms with E-state index in [2.05, 4.69) is 173 Å². The summed E-state index contributed by atoms with van der Waals surface area (Å²) >= 11 is 7.61. The van der Waals surface area contributed by atoms with Crippen LogP contribution in [0.3, 0.4) is 0 Å². The molecule has 206 valence electrons. The number of hydrogen-bond acceptors (Lipinski definition) is 2. The third-order valence-electron chi connectivity index (χ3n) is 4.86. The molecule has 2 atom stereocenters. The van der Waals surface area contributed by atoms with E-state index in [1.54, 1.807) is 0 Å². The molecule has 0 spiro atoms. The zero-order valence-electron chi connectivity index (χ0n) is 25.4. The van der Waals surface area contributed by atoms with E-state index in [0.29, 0.717) is 4.45 Å². The molecular weight excluding hydrogens is 660 g/mol. The second kappa shape index (κ2) is 14.6. The van der Waals surface area contributed by atoms with E-state index in [0.717, 1.165) is 22.5 Å². The van der Waals surface area contributed by atoms with Gasteiger partial charge in [0.1, 0.15) is 16.1 Å². The van der Waals surface area contributed by atoms with Crippen LogP contribution in [0.1, 0.15) is 27.3 Å². The normalized spacial score (nSPS) is 13.8. The van der Waals surface area contributed by atoms with Gasteiger partial charge in [0, 0.05) is 28.0 Å². The number of nitrogens with zero attached hydrogens (tertiary/aromatic N) is 2. The van der Waals surface area contributed by atoms with E-state index < -0.39 is 32.3 Å². The molecule has 0 saturated carbocycles. The number of pyridine rings is 2. The average molecular weight is 707 g/mol. The number of halogens is 2. The van der Waals surface area contributed by atoms with Crippen molar-refractivity contribution in [2.45, 2.75) is 87.8 Å². The fourth-order valence-electron chi connectivity index (χ4n) is 2.66. The van der Waals surface area contributed by atoms with Crippen molar-refractivity contribution in [3.8, 4) is 22.9 Å². The summed E-state index contributed by atoms with van der Waals surface area (Å²) in [6, 6.07) is 8.27. The number of hydrogen-bond donors (Lipinski definition) is 0. The summed E-state index contributed by atoms with van der Waals surface area (Å²) in [4.78, 5) is 9.26. The smallest absolute Gasteiger partial charge is 0.129 e. The Morgan fingerprint density at radius 3 is 1.50 bits per heavy atom. The summed E-state index contributed by atoms with van der Waals surface area (Å²) in [5.74, 6) is 6.46. The van der Waals surface area contributed by atoms with Crippen molar-refractivity contribution in [3.63, 3.8) is 0 Å². The Kier molecular flexibility index (Phi) is 13.4. The van der Waals surface area contributed by atoms with Crippen molar-refractivity contribution in [1.29, 1.82) is 0 Å². The van der Waals surface area contributed by atoms with Crippen LogP contribution in [0.5, 0.6) is 0 Å². The number of aromatic nitrogens is 2. The molecule has 2 rings (SSSR count). The second-order valence-electron chi connectivity index (χ2n) is 13.8. The summed E-state index contributed by atoms with van der Waals surface area (Å²) in [7, 11) is -5.00. The summed E-state index contributed by atoms with van der Waals surface area (Å²) < 4.78 is 0.460. The molecule has 0 saturated heterocycles. The first-order chi connectivity index (χ1) is 17.2. The van der Waals surface area contributed by atoms with Crippen LogP contribution in [0.15, 0.2) is 42.4 Å². The van der Waals surface area contributed by atoms with Gasteiger partial charge >= 0.3 is 0 Å². The highest BCUT2D eigenvalue weighted by Gasteiger charge is 2.31. The molecule has 0 fully saturated rings. The molecular formula is C30H46Br2N2Si4. The predicted octanol–water partition coefficient (Wildman–Crippen LogP) is 9.59. The van der Waals surface area contributed by atoms with Crippen molar-refractivity contribution in [3.05, 3.63) is 64.9 Å². The molecule has 0 aliphatic heterocycles. The molecule has 0 amide bonds. The molecule has 0 radical (unpaired) electrons. The van der Waals surface area contributed by atoms with E-state index in [9.17, 15) is 0 Å². The maximum absolute atomic E-state index is 4.57. The van der Waals surface area contributed by atoms with Crippen molar-refractivity contribution < 1.29 is 0 Å². The SMILES string of the molecule is C[Si](C)(C)C#Cc1ccc(/C=C\[Si](C)(C)C)nc1.C[Si](C)(C)C#Cc1ccc(C(Br)C(Br)[Si](C)(C)C)nc1. The molecule has 0 aromatic carbocycles. The third kappa shape index (κ3) is 15.5. The molecule has 38 heavy (non-hydrogen) atoms. The minimum Gasteiger partial charge on any atom is -0.259 e. The maximum Gasteiger partial charge on any atom is 0.129 e. The van der Waals surface area contributed by atoms with Crippen LogP contribution in [0, 0.1) is 22.9 Å². The van der Waals surface area contributed by atoms with Crippen molar-refractivity contribution >= 4 is 70.2 Å². The monoisotopic (exact) mass is 704 g/mol. The lowest BCUT2D eigenvalue weighted by atomic mass is 10.2. The average Bonchev–Trinajstić information content (AvgIpc) is 2.78. The highest BCUT2D eigenvalue weighted by molar-refractivity contribution is 9.12. The van der Waals surface area contributed by atoms with Crippen LogP contribution in [-0.4, -0.2) is 46.7 Å². The molecule has 0 aliphatic carbocycles. The van der Waals surface area contributed by atoms with Crippen LogP contribution >= 0.6 is 31.9 Å². The largest absolute Gasteiger partial charge is 0.259 e. The lowest BCUT2D eigenvalue weighted by Crippen LogP contribution is -2.36. The summed E-state index contributed by atoms with van der Waals surface area (Å²) in [5, 5.41) is 0. The Bertz CT molecular complexity index is 1180. The van der Waals surface area contributed by atoms with Crippen LogP contribution in [0.4, 0.5) is 0 Å². The van der Waals surface area contributed by atoms with Gasteiger partial charge in [-0.1, -0.05) is 128 Å². The molecule has 2 aromatic heterocycles. The zero-order valence-corrected chi connectivity index (χ0v) is 32.6. The van der Waals surface area contributed by atoms with Crippen molar-refractivity contribution in [1.82, 2.24) is 9.97 Å². The van der Waals surface area contributed by atoms with Crippen LogP contribution in [0.2, 0.25) is 78.6 Å². The molecule has 2 aromatic rings. The Labute approximate surface area is 254 Å². The quantitative estimate of drug-likeness (QED) is 0.176. The maximum atomic E-state index is 4.57. The van der Waals surface area contributed by atoms with Gasteiger partial charge in [-0.2, -0.15) is 0 Å². The van der Waals surface area contributed by atoms with Crippen LogP contribution < -0.4 is 0 Å². The Hall–Kier alpha value is -1.01. The van der Waals surface area contributed by atoms with Crippen molar-refractivity contribution in [2.24, 2.45) is 0 Å². The minimum atomic E-state index is -1.32. The first kappa shape index (κ1) is 35.0. The van der Waals surface area contributed by atoms with Gasteiger partial charge in [-0.25, -0.2) is 0 Å². The predicted molar refractivity (Wildman–Crippen MR) is 189 cm³/mol. The van der Waals surface area contributed by atoms with Gasteiger partial charge < -0.3 is 0 Å². The third-order valence-corrected chi connectivity index (χ3v) is 16.6. The van der Waals surface area contributed by atoms with E-state index in [1.807, 2.05) is 18.5 Å². The first-order valence-electron chi connectivity index (χ1n) is 13.1. The van der Waals surface area contributed by atoms with Gasteiger partial charge in [-0.05, 0) is 30.3 Å². The fraction of sp³-hybridized carbons (Fsp3) is 0.467. The Morgan fingerprint density at radius 2 is 1.16 bits per heavy atom. The van der Waals surface area contributed by atoms with E-state index in [1.165, 1.54) is 0 Å². The van der Waals surface area contributed by atoms with Crippen LogP contribution in [-0.2, 0) is 0 Å². The van der Waals surface area contributed by atoms with Crippen molar-refractivity contribution in [2.75, 3.05) is 0 Å². The number of alkyl halides is 2. The first-order valence-corrected chi connectivity index (χ1v) is 29.1. The summed E-state index contributed by atoms with van der Waals surface area (Å²) in [5.41, 5.74) is 13.2. The molecule has 0 aliphatic rings. The molecule has 0 bridgehead atoms. The highest BCUT2D eigenvalue weighted by Crippen LogP contribution is 2.35. The van der Waals surface area contributed by atoms with Gasteiger partial charge in [-0.3, -0.25) is 9.97 Å². The highest BCUT2D eigenvalue weighted by atomic mass is 79.9. The lowest BCUT2D eigenvalue weighted by Gasteiger charge is -2.27. The second-order valence-corrected chi connectivity index (χ2v) is 36.6. The van der Waals surface area contributed by atoms with E-state index >= 15 is 0 Å². The van der Waals surface area contributed by atoms with Gasteiger partial charge in [-0.15, -0.1) is 11.1 Å². The molecule has 2 nitrogen and oxygen atoms in total. The van der Waals surface area contributed by atoms with Gasteiger partial charge in [0.2, 0.25) is 0 Å². The minimum absolute atomic E-state index is 0.258. The molecule has 2 unspecified atom stereocenters. The van der Waals surface area contributed by atoms with E-state index in [-0.39, 0.29) is 4.83 Å². The van der Waals surface area contributed by atoms with Gasteiger partial charge in [0.25, 0.3) is 0 Å². The standard InChI is InChI=1S/C15H23Br2NSi2.C15H23NSi2/c1-19(2,3)10-9-12-7-8-13(18-11-12)14(16)15(17)20(4,5)6;1-17(2,3)11-9-14-7-8-15(16-13-14)10-12-18(4,5)6/h7-8,11,14-15H,1-6H3;7-8,10,12-13H,1-6H3/b;12-10-. The fourth-order valence-corrected chi connectivity index (χ4v) is 8.34. The molecule has 0 N–H and O–H groups in total.